The lowest BCUT2D eigenvalue weighted by molar-refractivity contribution is -0.122. The van der Waals surface area contributed by atoms with Crippen molar-refractivity contribution in [2.24, 2.45) is 0 Å². The van der Waals surface area contributed by atoms with Gasteiger partial charge in [0.25, 0.3) is 11.1 Å². The molecule has 6 nitrogen and oxygen atoms in total. The highest BCUT2D eigenvalue weighted by Gasteiger charge is 2.36. The van der Waals surface area contributed by atoms with Crippen molar-refractivity contribution in [3.05, 3.63) is 64.6 Å². The zero-order valence-electron chi connectivity index (χ0n) is 14.8. The molecule has 0 atom stereocenters. The first-order valence-electron chi connectivity index (χ1n) is 8.09. The third-order valence-electron chi connectivity index (χ3n) is 4.00. The number of imide groups is 1. The molecule has 3 rings (SSSR count). The molecular weight excluding hydrogens is 366 g/mol. The van der Waals surface area contributed by atoms with Crippen molar-refractivity contribution >= 4 is 34.8 Å². The van der Waals surface area contributed by atoms with Crippen LogP contribution in [0.5, 0.6) is 11.5 Å². The molecule has 2 aromatic rings. The smallest absolute Gasteiger partial charge is 0.293 e. The van der Waals surface area contributed by atoms with E-state index >= 15 is 0 Å². The van der Waals surface area contributed by atoms with E-state index < -0.39 is 11.1 Å². The highest BCUT2D eigenvalue weighted by molar-refractivity contribution is 8.18. The van der Waals surface area contributed by atoms with Crippen molar-refractivity contribution in [3.63, 3.8) is 0 Å². The number of thioether (sulfide) groups is 1. The van der Waals surface area contributed by atoms with Gasteiger partial charge in [0.15, 0.2) is 5.78 Å². The number of benzene rings is 2. The number of methoxy groups -OCH3 is 2. The van der Waals surface area contributed by atoms with E-state index in [2.05, 4.69) is 0 Å². The van der Waals surface area contributed by atoms with Crippen molar-refractivity contribution in [2.45, 2.75) is 0 Å². The maximum absolute atomic E-state index is 12.6. The van der Waals surface area contributed by atoms with Crippen LogP contribution in [0.2, 0.25) is 0 Å². The molecule has 0 spiro atoms. The number of amides is 2. The molecule has 0 aromatic heterocycles. The van der Waals surface area contributed by atoms with Crippen molar-refractivity contribution < 1.29 is 23.9 Å². The van der Waals surface area contributed by atoms with Gasteiger partial charge in [0.2, 0.25) is 0 Å². The molecular formula is C20H17NO5S. The molecule has 1 heterocycles. The second-order valence-electron chi connectivity index (χ2n) is 5.66. The molecule has 1 fully saturated rings. The van der Waals surface area contributed by atoms with Crippen LogP contribution in [0.4, 0.5) is 4.79 Å². The normalized spacial score (nSPS) is 15.3. The lowest BCUT2D eigenvalue weighted by atomic mass is 10.1. The van der Waals surface area contributed by atoms with Gasteiger partial charge in [0, 0.05) is 17.2 Å². The summed E-state index contributed by atoms with van der Waals surface area (Å²) in [5, 5.41) is -0.469. The maximum Gasteiger partial charge on any atom is 0.293 e. The fraction of sp³-hybridized carbons (Fsp3) is 0.150. The molecule has 0 N–H and O–H groups in total. The number of carbonyl (C=O) groups is 3. The zero-order chi connectivity index (χ0) is 19.4. The highest BCUT2D eigenvalue weighted by atomic mass is 32.2. The summed E-state index contributed by atoms with van der Waals surface area (Å²) in [6.45, 7) is -0.286. The van der Waals surface area contributed by atoms with E-state index in [-0.39, 0.29) is 17.2 Å². The van der Waals surface area contributed by atoms with Gasteiger partial charge in [-0.15, -0.1) is 0 Å². The minimum atomic E-state index is -0.493. The van der Waals surface area contributed by atoms with E-state index in [0.29, 0.717) is 22.6 Å². The minimum Gasteiger partial charge on any atom is -0.497 e. The van der Waals surface area contributed by atoms with Crippen molar-refractivity contribution in [1.29, 1.82) is 0 Å². The molecule has 0 bridgehead atoms. The number of ether oxygens (including phenoxy) is 2. The average molecular weight is 383 g/mol. The van der Waals surface area contributed by atoms with Crippen molar-refractivity contribution in [1.82, 2.24) is 4.90 Å². The number of rotatable bonds is 6. The van der Waals surface area contributed by atoms with Gasteiger partial charge in [-0.25, -0.2) is 0 Å². The van der Waals surface area contributed by atoms with Gasteiger partial charge in [-0.05, 0) is 30.0 Å². The summed E-state index contributed by atoms with van der Waals surface area (Å²) in [7, 11) is 3.06. The predicted octanol–water partition coefficient (Wildman–Crippen LogP) is 3.62. The number of hydrogen-bond donors (Lipinski definition) is 0. The predicted molar refractivity (Wildman–Crippen MR) is 103 cm³/mol. The minimum absolute atomic E-state index is 0.240. The molecule has 1 aliphatic rings. The third kappa shape index (κ3) is 4.03. The largest absolute Gasteiger partial charge is 0.497 e. The lowest BCUT2D eigenvalue weighted by Crippen LogP contribution is -2.33. The van der Waals surface area contributed by atoms with E-state index in [1.54, 1.807) is 61.7 Å². The standard InChI is InChI=1S/C20H17NO5S/c1-25-15-9-8-14(17(11-15)26-2)10-18-19(23)21(20(24)27-18)12-16(22)13-6-4-3-5-7-13/h3-11H,12H2,1-2H3/b18-10+. The van der Waals surface area contributed by atoms with Gasteiger partial charge in [0.1, 0.15) is 11.5 Å². The molecule has 2 aromatic carbocycles. The van der Waals surface area contributed by atoms with Gasteiger partial charge in [-0.2, -0.15) is 0 Å². The first kappa shape index (κ1) is 18.7. The van der Waals surface area contributed by atoms with Crippen LogP contribution in [0.3, 0.4) is 0 Å². The quantitative estimate of drug-likeness (QED) is 0.560. The summed E-state index contributed by atoms with van der Waals surface area (Å²) in [5.41, 5.74) is 1.09. The Hall–Kier alpha value is -3.06. The summed E-state index contributed by atoms with van der Waals surface area (Å²) < 4.78 is 10.5. The van der Waals surface area contributed by atoms with Crippen LogP contribution in [0, 0.1) is 0 Å². The Kier molecular flexibility index (Phi) is 5.61. The monoisotopic (exact) mass is 383 g/mol. The van der Waals surface area contributed by atoms with Crippen LogP contribution in [0.15, 0.2) is 53.4 Å². The number of ketones is 1. The number of Topliss-reactive ketones (excluding diaryl/α,β-unsaturated/α-hetero) is 1. The Morgan fingerprint density at radius 3 is 2.48 bits per heavy atom. The van der Waals surface area contributed by atoms with Crippen LogP contribution in [0.1, 0.15) is 15.9 Å². The zero-order valence-corrected chi connectivity index (χ0v) is 15.6. The van der Waals surface area contributed by atoms with Crippen molar-refractivity contribution in [2.75, 3.05) is 20.8 Å². The molecule has 0 aliphatic carbocycles. The topological polar surface area (TPSA) is 72.9 Å². The Morgan fingerprint density at radius 1 is 1.07 bits per heavy atom. The SMILES string of the molecule is COc1ccc(/C=C2/SC(=O)N(CC(=O)c3ccccc3)C2=O)c(OC)c1. The summed E-state index contributed by atoms with van der Waals surface area (Å²) in [5.74, 6) is 0.348. The Bertz CT molecular complexity index is 923. The Balaban J connectivity index is 1.82. The fourth-order valence-electron chi connectivity index (χ4n) is 2.57. The maximum atomic E-state index is 12.6. The molecule has 1 saturated heterocycles. The number of nitrogens with zero attached hydrogens (tertiary/aromatic N) is 1. The van der Waals surface area contributed by atoms with E-state index in [4.69, 9.17) is 9.47 Å². The second-order valence-corrected chi connectivity index (χ2v) is 6.66. The van der Waals surface area contributed by atoms with E-state index in [9.17, 15) is 14.4 Å². The molecule has 27 heavy (non-hydrogen) atoms. The second kappa shape index (κ2) is 8.09. The molecule has 2 amide bonds. The number of carbonyl (C=O) groups excluding carboxylic acids is 3. The molecule has 0 saturated carbocycles. The third-order valence-corrected chi connectivity index (χ3v) is 4.91. The van der Waals surface area contributed by atoms with Crippen molar-refractivity contribution in [3.8, 4) is 11.5 Å². The summed E-state index contributed by atoms with van der Waals surface area (Å²) in [6.07, 6.45) is 1.58. The first-order chi connectivity index (χ1) is 13.0. The Morgan fingerprint density at radius 2 is 1.81 bits per heavy atom. The number of hydrogen-bond acceptors (Lipinski definition) is 6. The molecule has 1 aliphatic heterocycles. The Labute approximate surface area is 160 Å². The van der Waals surface area contributed by atoms with Crippen LogP contribution in [-0.2, 0) is 4.79 Å². The van der Waals surface area contributed by atoms with Crippen LogP contribution in [0.25, 0.3) is 6.08 Å². The van der Waals surface area contributed by atoms with Gasteiger partial charge < -0.3 is 9.47 Å². The van der Waals surface area contributed by atoms with Gasteiger partial charge in [-0.3, -0.25) is 19.3 Å². The van der Waals surface area contributed by atoms with E-state index in [1.165, 1.54) is 7.11 Å². The first-order valence-corrected chi connectivity index (χ1v) is 8.90. The van der Waals surface area contributed by atoms with Gasteiger partial charge in [-0.1, -0.05) is 30.3 Å². The summed E-state index contributed by atoms with van der Waals surface area (Å²) in [4.78, 5) is 38.4. The molecule has 7 heteroatoms. The average Bonchev–Trinajstić information content (AvgIpc) is 2.96. The van der Waals surface area contributed by atoms with E-state index in [0.717, 1.165) is 16.7 Å². The summed E-state index contributed by atoms with van der Waals surface area (Å²) >= 11 is 0.802. The lowest BCUT2D eigenvalue weighted by Gasteiger charge is -2.11. The molecule has 138 valence electrons. The fourth-order valence-corrected chi connectivity index (χ4v) is 3.40. The van der Waals surface area contributed by atoms with Crippen LogP contribution >= 0.6 is 11.8 Å². The highest BCUT2D eigenvalue weighted by Crippen LogP contribution is 2.35. The molecule has 0 radical (unpaired) electrons. The molecule has 0 unspecified atom stereocenters. The van der Waals surface area contributed by atoms with E-state index in [1.807, 2.05) is 0 Å². The summed E-state index contributed by atoms with van der Waals surface area (Å²) in [6, 6.07) is 13.7. The van der Waals surface area contributed by atoms with Gasteiger partial charge >= 0.3 is 0 Å². The van der Waals surface area contributed by atoms with Crippen LogP contribution in [-0.4, -0.2) is 42.6 Å². The van der Waals surface area contributed by atoms with Gasteiger partial charge in [0.05, 0.1) is 25.7 Å². The van der Waals surface area contributed by atoms with Crippen LogP contribution < -0.4 is 9.47 Å².